The number of carbonyl (C=O) groups is 2. The van der Waals surface area contributed by atoms with Gasteiger partial charge in [-0.2, -0.15) is 0 Å². The van der Waals surface area contributed by atoms with E-state index < -0.39 is 6.61 Å². The molecule has 3 aliphatic heterocycles. The SMILES string of the molecule is C=CC(=O)Nc1cc(Nc2nc(-c3ccnc(N4CCn5c(cc6c5CC(C)(C)C6)C4=O)c3CO)cn(C)c2=O)ccc1N1CCN(C2CCN(c3ccc(Cl)c(C(C)(C)C)c3)[C@H](C)C2)C[C@@H]1C. The standard InChI is InChI=1S/C53H65ClN10O4/c1-10-47(66)57-42-25-35(11-14-44(42)62-20-19-60(29-33(62)3)36-16-18-61(32(2)23-36)37-12-13-41(54)40(26-37)52(4,5)6)56-48-51(68)59(9)30-43(58-48)38-15-17-55-49(39(38)31-65)64-22-21-63-45(50(64)67)24-34-27-53(7,8)28-46(34)63/h10-15,17,24-26,30,32-33,36,65H,1,16,18-23,27-29,31H2,2-9H3,(H,56,58)(H,57,66)/t32-,33+,36?/m1/s1. The zero-order valence-corrected chi connectivity index (χ0v) is 41.5. The summed E-state index contributed by atoms with van der Waals surface area (Å²) in [4.78, 5) is 59.2. The van der Waals surface area contributed by atoms with Gasteiger partial charge in [0.05, 0.1) is 23.7 Å². The average Bonchev–Trinajstić information content (AvgIpc) is 3.79. The minimum Gasteiger partial charge on any atom is -0.392 e. The lowest BCUT2D eigenvalue weighted by molar-refractivity contribution is -0.111. The minimum absolute atomic E-state index is 0.0401. The molecule has 358 valence electrons. The van der Waals surface area contributed by atoms with Crippen LogP contribution in [0, 0.1) is 5.41 Å². The second kappa shape index (κ2) is 18.2. The van der Waals surface area contributed by atoms with Crippen molar-refractivity contribution in [3.63, 3.8) is 0 Å². The van der Waals surface area contributed by atoms with Gasteiger partial charge in [0.15, 0.2) is 5.82 Å². The van der Waals surface area contributed by atoms with Crippen molar-refractivity contribution in [2.24, 2.45) is 12.5 Å². The van der Waals surface area contributed by atoms with Gasteiger partial charge in [-0.15, -0.1) is 0 Å². The molecule has 9 rings (SSSR count). The van der Waals surface area contributed by atoms with Crippen LogP contribution in [0.25, 0.3) is 11.3 Å². The number of aliphatic hydroxyl groups excluding tert-OH is 1. The van der Waals surface area contributed by atoms with Crippen molar-refractivity contribution >= 4 is 57.8 Å². The van der Waals surface area contributed by atoms with Crippen LogP contribution in [-0.2, 0) is 43.3 Å². The first kappa shape index (κ1) is 47.1. The van der Waals surface area contributed by atoms with E-state index in [0.29, 0.717) is 64.9 Å². The fourth-order valence-corrected chi connectivity index (χ4v) is 11.5. The third-order valence-electron chi connectivity index (χ3n) is 14.5. The molecule has 68 heavy (non-hydrogen) atoms. The first-order chi connectivity index (χ1) is 32.3. The van der Waals surface area contributed by atoms with Gasteiger partial charge in [-0.3, -0.25) is 24.2 Å². The number of nitrogens with one attached hydrogen (secondary N) is 2. The Morgan fingerprint density at radius 3 is 2.50 bits per heavy atom. The number of aryl methyl sites for hydroxylation is 1. The molecule has 4 aliphatic rings. The summed E-state index contributed by atoms with van der Waals surface area (Å²) in [6.45, 7) is 23.5. The number of pyridine rings is 1. The maximum absolute atomic E-state index is 14.1. The van der Waals surface area contributed by atoms with Gasteiger partial charge in [0.2, 0.25) is 5.91 Å². The molecule has 14 nitrogen and oxygen atoms in total. The summed E-state index contributed by atoms with van der Waals surface area (Å²) in [6, 6.07) is 16.9. The van der Waals surface area contributed by atoms with Crippen LogP contribution >= 0.6 is 11.6 Å². The van der Waals surface area contributed by atoms with E-state index in [2.05, 4.69) is 102 Å². The molecule has 3 atom stereocenters. The number of fused-ring (bicyclic) bond motifs is 3. The first-order valence-corrected chi connectivity index (χ1v) is 24.3. The Morgan fingerprint density at radius 2 is 1.78 bits per heavy atom. The first-order valence-electron chi connectivity index (χ1n) is 24.0. The number of benzene rings is 2. The molecule has 2 aromatic carbocycles. The molecule has 3 N–H and O–H groups in total. The van der Waals surface area contributed by atoms with Crippen LogP contribution in [0.5, 0.6) is 0 Å². The van der Waals surface area contributed by atoms with Gasteiger partial charge < -0.3 is 34.7 Å². The van der Waals surface area contributed by atoms with E-state index in [1.807, 2.05) is 30.3 Å². The zero-order valence-electron chi connectivity index (χ0n) is 40.7. The number of rotatable bonds is 10. The smallest absolute Gasteiger partial charge is 0.293 e. The van der Waals surface area contributed by atoms with Crippen molar-refractivity contribution in [3.8, 4) is 11.3 Å². The Hall–Kier alpha value is -5.96. The molecule has 6 heterocycles. The molecule has 1 aliphatic carbocycles. The highest BCUT2D eigenvalue weighted by molar-refractivity contribution is 6.31. The molecule has 2 saturated heterocycles. The topological polar surface area (TPSA) is 144 Å². The van der Waals surface area contributed by atoms with Crippen molar-refractivity contribution in [1.82, 2.24) is 24.0 Å². The van der Waals surface area contributed by atoms with Crippen LogP contribution in [-0.4, -0.2) is 91.8 Å². The van der Waals surface area contributed by atoms with Crippen molar-refractivity contribution in [3.05, 3.63) is 117 Å². The summed E-state index contributed by atoms with van der Waals surface area (Å²) in [6.07, 6.45) is 8.46. The lowest BCUT2D eigenvalue weighted by atomic mass is 9.86. The summed E-state index contributed by atoms with van der Waals surface area (Å²) < 4.78 is 3.59. The molecule has 0 radical (unpaired) electrons. The van der Waals surface area contributed by atoms with Gasteiger partial charge in [-0.1, -0.05) is 52.8 Å². The van der Waals surface area contributed by atoms with Gasteiger partial charge in [0.25, 0.3) is 11.5 Å². The van der Waals surface area contributed by atoms with Crippen LogP contribution in [0.15, 0.2) is 78.4 Å². The van der Waals surface area contributed by atoms with E-state index in [0.717, 1.165) is 62.6 Å². The summed E-state index contributed by atoms with van der Waals surface area (Å²) in [5.41, 5.74) is 8.66. The predicted octanol–water partition coefficient (Wildman–Crippen LogP) is 8.31. The minimum atomic E-state index is -0.400. The highest BCUT2D eigenvalue weighted by Gasteiger charge is 2.38. The number of piperidine rings is 1. The van der Waals surface area contributed by atoms with E-state index in [-0.39, 0.29) is 40.1 Å². The Bertz CT molecular complexity index is 2860. The molecule has 0 bridgehead atoms. The monoisotopic (exact) mass is 940 g/mol. The van der Waals surface area contributed by atoms with Gasteiger partial charge in [-0.05, 0) is 116 Å². The van der Waals surface area contributed by atoms with Crippen LogP contribution in [0.4, 0.5) is 34.4 Å². The molecule has 2 amide bonds. The number of hydrogen-bond donors (Lipinski definition) is 3. The van der Waals surface area contributed by atoms with E-state index in [1.54, 1.807) is 30.4 Å². The van der Waals surface area contributed by atoms with Crippen molar-refractivity contribution < 1.29 is 14.7 Å². The lowest BCUT2D eigenvalue weighted by Gasteiger charge is -2.48. The molecule has 5 aromatic rings. The number of hydrogen-bond acceptors (Lipinski definition) is 10. The zero-order chi connectivity index (χ0) is 48.4. The highest BCUT2D eigenvalue weighted by atomic mass is 35.5. The van der Waals surface area contributed by atoms with Crippen LogP contribution < -0.4 is 30.9 Å². The molecule has 15 heteroatoms. The fourth-order valence-electron chi connectivity index (χ4n) is 11.1. The van der Waals surface area contributed by atoms with Gasteiger partial charge in [0, 0.05) is 110 Å². The van der Waals surface area contributed by atoms with Crippen LogP contribution in [0.2, 0.25) is 5.02 Å². The number of nitrogens with zero attached hydrogens (tertiary/aromatic N) is 8. The number of aliphatic hydroxyl groups is 1. The number of carbonyl (C=O) groups excluding carboxylic acids is 2. The average molecular weight is 942 g/mol. The van der Waals surface area contributed by atoms with Gasteiger partial charge in [-0.25, -0.2) is 9.97 Å². The number of amides is 2. The summed E-state index contributed by atoms with van der Waals surface area (Å²) in [5.74, 6) is -0.0859. The van der Waals surface area contributed by atoms with Gasteiger partial charge >= 0.3 is 0 Å². The maximum atomic E-state index is 14.1. The molecular formula is C53H65ClN10O4. The largest absolute Gasteiger partial charge is 0.392 e. The number of aromatic nitrogens is 4. The quantitative estimate of drug-likeness (QED) is 0.117. The predicted molar refractivity (Wildman–Crippen MR) is 273 cm³/mol. The Balaban J connectivity index is 0.922. The normalized spacial score (nSPS) is 20.6. The summed E-state index contributed by atoms with van der Waals surface area (Å²) in [5, 5.41) is 17.9. The molecule has 0 spiro atoms. The second-order valence-electron chi connectivity index (χ2n) is 21.1. The van der Waals surface area contributed by atoms with E-state index in [4.69, 9.17) is 16.6 Å². The molecule has 0 saturated carbocycles. The van der Waals surface area contributed by atoms with Crippen LogP contribution in [0.1, 0.15) is 94.2 Å². The third kappa shape index (κ3) is 8.94. The molecule has 3 aromatic heterocycles. The number of halogens is 1. The van der Waals surface area contributed by atoms with Crippen molar-refractivity contribution in [2.45, 2.75) is 111 Å². The van der Waals surface area contributed by atoms with Crippen molar-refractivity contribution in [1.29, 1.82) is 0 Å². The Morgan fingerprint density at radius 1 is 0.985 bits per heavy atom. The van der Waals surface area contributed by atoms with E-state index in [1.165, 1.54) is 33.2 Å². The summed E-state index contributed by atoms with van der Waals surface area (Å²) >= 11 is 6.64. The Kier molecular flexibility index (Phi) is 12.6. The second-order valence-corrected chi connectivity index (χ2v) is 21.5. The van der Waals surface area contributed by atoms with E-state index >= 15 is 0 Å². The van der Waals surface area contributed by atoms with E-state index in [9.17, 15) is 19.5 Å². The molecule has 2 fully saturated rings. The van der Waals surface area contributed by atoms with Crippen LogP contribution in [0.3, 0.4) is 0 Å². The fraction of sp³-hybridized carbons (Fsp3) is 0.453. The highest BCUT2D eigenvalue weighted by Crippen LogP contribution is 2.41. The lowest BCUT2D eigenvalue weighted by Crippen LogP contribution is -2.58. The third-order valence-corrected chi connectivity index (χ3v) is 14.9. The number of anilines is 6. The molecular weight excluding hydrogens is 876 g/mol. The Labute approximate surface area is 404 Å². The molecule has 1 unspecified atom stereocenters. The van der Waals surface area contributed by atoms with Crippen molar-refractivity contribution in [2.75, 3.05) is 58.1 Å². The summed E-state index contributed by atoms with van der Waals surface area (Å²) in [7, 11) is 1.65. The van der Waals surface area contributed by atoms with Gasteiger partial charge in [0.1, 0.15) is 11.5 Å². The maximum Gasteiger partial charge on any atom is 0.293 e. The number of piperazine rings is 1.